The van der Waals surface area contributed by atoms with Gasteiger partial charge in [-0.2, -0.15) is 0 Å². The van der Waals surface area contributed by atoms with Crippen molar-refractivity contribution < 1.29 is 14.6 Å². The molecule has 7 nitrogen and oxygen atoms in total. The Labute approximate surface area is 185 Å². The van der Waals surface area contributed by atoms with Gasteiger partial charge in [0.15, 0.2) is 0 Å². The zero-order valence-electron chi connectivity index (χ0n) is 17.2. The van der Waals surface area contributed by atoms with Crippen molar-refractivity contribution in [2.24, 2.45) is 11.8 Å². The van der Waals surface area contributed by atoms with Crippen molar-refractivity contribution in [1.82, 2.24) is 14.4 Å². The van der Waals surface area contributed by atoms with Crippen LogP contribution in [0.25, 0.3) is 0 Å². The summed E-state index contributed by atoms with van der Waals surface area (Å²) in [6.07, 6.45) is 0. The molecule has 4 heterocycles. The quantitative estimate of drug-likeness (QED) is 0.775. The molecule has 2 aromatic rings. The van der Waals surface area contributed by atoms with Crippen molar-refractivity contribution in [3.05, 3.63) is 69.1 Å². The van der Waals surface area contributed by atoms with Crippen LogP contribution in [0, 0.1) is 11.8 Å². The number of amides is 1. The number of hydrogen-bond acceptors (Lipinski definition) is 5. The van der Waals surface area contributed by atoms with Gasteiger partial charge < -0.3 is 19.3 Å². The Kier molecular flexibility index (Phi) is 5.60. The Morgan fingerprint density at radius 2 is 1.90 bits per heavy atom. The van der Waals surface area contributed by atoms with E-state index in [2.05, 4.69) is 4.90 Å². The lowest BCUT2D eigenvalue weighted by molar-refractivity contribution is -0.142. The number of ether oxygens (including phenoxy) is 1. The fourth-order valence-corrected chi connectivity index (χ4v) is 5.70. The van der Waals surface area contributed by atoms with Gasteiger partial charge in [-0.15, -0.1) is 0 Å². The Balaban J connectivity index is 1.57. The first-order valence-corrected chi connectivity index (χ1v) is 11.1. The molecule has 3 aliphatic rings. The first kappa shape index (κ1) is 20.7. The maximum Gasteiger partial charge on any atom is 0.250 e. The highest BCUT2D eigenvalue weighted by Crippen LogP contribution is 2.50. The van der Waals surface area contributed by atoms with Gasteiger partial charge in [-0.3, -0.25) is 14.5 Å². The number of aliphatic hydroxyl groups excluding tert-OH is 1. The van der Waals surface area contributed by atoms with E-state index in [4.69, 9.17) is 16.3 Å². The van der Waals surface area contributed by atoms with Crippen LogP contribution in [-0.2, 0) is 22.6 Å². The molecule has 31 heavy (non-hydrogen) atoms. The molecule has 0 aliphatic carbocycles. The number of hydrogen-bond donors (Lipinski definition) is 1. The zero-order chi connectivity index (χ0) is 21.5. The SMILES string of the molecule is O=C([C@@H]1[C@@H](CO)[C@@H]2Cn3c(cccc3=O)[C@@H]2N1Cc1ccccc1Cl)N1CCOCC1. The van der Waals surface area contributed by atoms with Crippen LogP contribution in [0.3, 0.4) is 0 Å². The maximum absolute atomic E-state index is 13.7. The molecule has 5 rings (SSSR count). The molecule has 1 aromatic heterocycles. The van der Waals surface area contributed by atoms with E-state index in [9.17, 15) is 14.7 Å². The van der Waals surface area contributed by atoms with Gasteiger partial charge in [0.25, 0.3) is 5.56 Å². The second-order valence-electron chi connectivity index (χ2n) is 8.50. The summed E-state index contributed by atoms with van der Waals surface area (Å²) in [6, 6.07) is 12.3. The number of likely N-dealkylation sites (tertiary alicyclic amines) is 1. The lowest BCUT2D eigenvalue weighted by Gasteiger charge is -2.36. The third-order valence-corrected chi connectivity index (χ3v) is 7.32. The maximum atomic E-state index is 13.7. The minimum atomic E-state index is -0.474. The zero-order valence-corrected chi connectivity index (χ0v) is 17.9. The van der Waals surface area contributed by atoms with E-state index >= 15 is 0 Å². The average molecular weight is 444 g/mol. The van der Waals surface area contributed by atoms with Crippen LogP contribution in [0.2, 0.25) is 5.02 Å². The second-order valence-corrected chi connectivity index (χ2v) is 8.91. The van der Waals surface area contributed by atoms with Crippen LogP contribution in [-0.4, -0.2) is 64.3 Å². The average Bonchev–Trinajstić information content (AvgIpc) is 3.31. The predicted molar refractivity (Wildman–Crippen MR) is 116 cm³/mol. The number of carbonyl (C=O) groups excluding carboxylic acids is 1. The fourth-order valence-electron chi connectivity index (χ4n) is 5.51. The van der Waals surface area contributed by atoms with Gasteiger partial charge >= 0.3 is 0 Å². The van der Waals surface area contributed by atoms with Gasteiger partial charge in [-0.25, -0.2) is 0 Å². The van der Waals surface area contributed by atoms with Crippen LogP contribution in [0.15, 0.2) is 47.3 Å². The van der Waals surface area contributed by atoms with Gasteiger partial charge in [0.05, 0.1) is 25.3 Å². The van der Waals surface area contributed by atoms with E-state index in [1.165, 1.54) is 0 Å². The highest BCUT2D eigenvalue weighted by Gasteiger charge is 2.56. The molecule has 3 aliphatic heterocycles. The largest absolute Gasteiger partial charge is 0.396 e. The van der Waals surface area contributed by atoms with E-state index in [0.717, 1.165) is 11.3 Å². The lowest BCUT2D eigenvalue weighted by atomic mass is 9.88. The number of halogens is 1. The van der Waals surface area contributed by atoms with Gasteiger partial charge in [0.2, 0.25) is 5.91 Å². The van der Waals surface area contributed by atoms with Gasteiger partial charge in [0, 0.05) is 61.4 Å². The van der Waals surface area contributed by atoms with Crippen LogP contribution in [0.4, 0.5) is 0 Å². The van der Waals surface area contributed by atoms with E-state index in [0.29, 0.717) is 44.4 Å². The summed E-state index contributed by atoms with van der Waals surface area (Å²) in [7, 11) is 0. The van der Waals surface area contributed by atoms with E-state index in [-0.39, 0.29) is 36.0 Å². The van der Waals surface area contributed by atoms with Crippen molar-refractivity contribution in [3.8, 4) is 0 Å². The van der Waals surface area contributed by atoms with Crippen LogP contribution in [0.1, 0.15) is 17.3 Å². The van der Waals surface area contributed by atoms with Crippen LogP contribution >= 0.6 is 11.6 Å². The Bertz CT molecular complexity index is 1040. The first-order chi connectivity index (χ1) is 15.1. The number of aromatic nitrogens is 1. The molecular formula is C23H26ClN3O4. The number of morpholine rings is 1. The van der Waals surface area contributed by atoms with Crippen LogP contribution in [0.5, 0.6) is 0 Å². The number of nitrogens with zero attached hydrogens (tertiary/aromatic N) is 3. The Hall–Kier alpha value is -2.19. The third-order valence-electron chi connectivity index (χ3n) is 6.95. The van der Waals surface area contributed by atoms with Crippen molar-refractivity contribution in [2.45, 2.75) is 25.2 Å². The number of carbonyl (C=O) groups is 1. The predicted octanol–water partition coefficient (Wildman–Crippen LogP) is 1.52. The molecular weight excluding hydrogens is 418 g/mol. The molecule has 0 saturated carbocycles. The summed E-state index contributed by atoms with van der Waals surface area (Å²) in [5.74, 6) is -0.256. The van der Waals surface area contributed by atoms with Crippen LogP contribution < -0.4 is 5.56 Å². The lowest BCUT2D eigenvalue weighted by Crippen LogP contribution is -2.52. The van der Waals surface area contributed by atoms with Crippen molar-refractivity contribution in [3.63, 3.8) is 0 Å². The smallest absolute Gasteiger partial charge is 0.250 e. The number of fused-ring (bicyclic) bond motifs is 3. The summed E-state index contributed by atoms with van der Waals surface area (Å²) in [5, 5.41) is 11.0. The summed E-state index contributed by atoms with van der Waals surface area (Å²) in [6.45, 7) is 3.04. The fraction of sp³-hybridized carbons (Fsp3) is 0.478. The number of aliphatic hydroxyl groups is 1. The summed E-state index contributed by atoms with van der Waals surface area (Å²) in [5.41, 5.74) is 1.79. The number of pyridine rings is 1. The molecule has 4 atom stereocenters. The minimum absolute atomic E-state index is 0.0161. The van der Waals surface area contributed by atoms with E-state index < -0.39 is 6.04 Å². The highest BCUT2D eigenvalue weighted by atomic mass is 35.5. The summed E-state index contributed by atoms with van der Waals surface area (Å²) in [4.78, 5) is 30.2. The van der Waals surface area contributed by atoms with E-state index in [1.807, 2.05) is 35.2 Å². The molecule has 0 radical (unpaired) electrons. The topological polar surface area (TPSA) is 75.0 Å². The molecule has 1 N–H and O–H groups in total. The molecule has 1 amide bonds. The Morgan fingerprint density at radius 1 is 1.13 bits per heavy atom. The second kappa shape index (κ2) is 8.39. The monoisotopic (exact) mass is 443 g/mol. The molecule has 0 bridgehead atoms. The summed E-state index contributed by atoms with van der Waals surface area (Å²) >= 11 is 6.47. The molecule has 0 spiro atoms. The Morgan fingerprint density at radius 3 is 2.65 bits per heavy atom. The first-order valence-electron chi connectivity index (χ1n) is 10.8. The molecule has 0 unspecified atom stereocenters. The minimum Gasteiger partial charge on any atom is -0.396 e. The van der Waals surface area contributed by atoms with Crippen molar-refractivity contribution in [2.75, 3.05) is 32.9 Å². The van der Waals surface area contributed by atoms with E-state index in [1.54, 1.807) is 16.7 Å². The number of benzene rings is 1. The number of rotatable bonds is 4. The van der Waals surface area contributed by atoms with Crippen molar-refractivity contribution >= 4 is 17.5 Å². The molecule has 2 saturated heterocycles. The molecule has 8 heteroatoms. The molecule has 164 valence electrons. The summed E-state index contributed by atoms with van der Waals surface area (Å²) < 4.78 is 7.21. The molecule has 1 aromatic carbocycles. The van der Waals surface area contributed by atoms with Gasteiger partial charge in [0.1, 0.15) is 0 Å². The van der Waals surface area contributed by atoms with Gasteiger partial charge in [-0.1, -0.05) is 35.9 Å². The van der Waals surface area contributed by atoms with Gasteiger partial charge in [-0.05, 0) is 17.7 Å². The highest BCUT2D eigenvalue weighted by molar-refractivity contribution is 6.31. The third kappa shape index (κ3) is 3.49. The normalized spacial score (nSPS) is 27.9. The molecule has 2 fully saturated rings. The van der Waals surface area contributed by atoms with Crippen molar-refractivity contribution in [1.29, 1.82) is 0 Å². The standard InChI is InChI=1S/C23H26ClN3O4/c24-18-5-2-1-4-15(18)12-27-21-16(13-26-19(21)6-3-7-20(26)29)17(14-28)22(27)23(30)25-8-10-31-11-9-25/h1-7,16-17,21-22,28H,8-14H2/t16-,17-,21+,22-/m0/s1.